The number of hydrogen-bond acceptors (Lipinski definition) is 4. The van der Waals surface area contributed by atoms with Gasteiger partial charge in [-0.3, -0.25) is 4.57 Å². The molecule has 0 radical (unpaired) electrons. The molecule has 0 bridgehead atoms. The molecule has 0 amide bonds. The van der Waals surface area contributed by atoms with E-state index in [1.165, 1.54) is 21.6 Å². The van der Waals surface area contributed by atoms with Crippen molar-refractivity contribution in [1.82, 2.24) is 14.8 Å². The van der Waals surface area contributed by atoms with Gasteiger partial charge in [0.1, 0.15) is 0 Å². The molecule has 0 aliphatic carbocycles. The number of benzene rings is 1. The Bertz CT molecular complexity index is 852. The minimum Gasteiger partial charge on any atom is -0.299 e. The lowest BCUT2D eigenvalue weighted by Crippen LogP contribution is -2.05. The Morgan fingerprint density at radius 1 is 1.25 bits per heavy atom. The van der Waals surface area contributed by atoms with Gasteiger partial charge in [-0.15, -0.1) is 21.5 Å². The molecular weight excluding hydrogens is 358 g/mol. The molecule has 0 aliphatic rings. The minimum absolute atomic E-state index is 0.302. The van der Waals surface area contributed by atoms with Crippen LogP contribution in [0.4, 0.5) is 0 Å². The molecule has 1 aromatic carbocycles. The first-order valence-corrected chi connectivity index (χ1v) is 10.1. The van der Waals surface area contributed by atoms with Crippen LogP contribution in [0.2, 0.25) is 5.02 Å². The summed E-state index contributed by atoms with van der Waals surface area (Å²) >= 11 is 9.54. The van der Waals surface area contributed by atoms with E-state index in [9.17, 15) is 0 Å². The van der Waals surface area contributed by atoms with Gasteiger partial charge in [0, 0.05) is 32.6 Å². The Labute approximate surface area is 156 Å². The van der Waals surface area contributed by atoms with E-state index in [0.717, 1.165) is 21.8 Å². The second-order valence-electron chi connectivity index (χ2n) is 6.02. The van der Waals surface area contributed by atoms with Gasteiger partial charge in [0.15, 0.2) is 11.0 Å². The molecule has 6 heteroatoms. The summed E-state index contributed by atoms with van der Waals surface area (Å²) in [6.07, 6.45) is 0. The number of halogens is 1. The van der Waals surface area contributed by atoms with Crippen molar-refractivity contribution in [3.8, 4) is 11.4 Å². The molecule has 0 saturated carbocycles. The van der Waals surface area contributed by atoms with Crippen LogP contribution < -0.4 is 0 Å². The van der Waals surface area contributed by atoms with Crippen molar-refractivity contribution in [2.75, 3.05) is 0 Å². The highest BCUT2D eigenvalue weighted by Gasteiger charge is 2.19. The molecule has 2 aromatic heterocycles. The molecule has 3 aromatic rings. The van der Waals surface area contributed by atoms with Gasteiger partial charge in [-0.25, -0.2) is 0 Å². The van der Waals surface area contributed by atoms with Crippen LogP contribution in [0.3, 0.4) is 0 Å². The van der Waals surface area contributed by atoms with Crippen LogP contribution in [-0.2, 0) is 5.75 Å². The molecule has 3 rings (SSSR count). The molecule has 2 heterocycles. The highest BCUT2D eigenvalue weighted by molar-refractivity contribution is 7.98. The SMILES string of the molecule is Cc1scc(-c2nnc(SCc3cccc(Cl)c3)n2C(C)C)c1C. The normalized spacial score (nSPS) is 11.4. The van der Waals surface area contributed by atoms with Crippen molar-refractivity contribution in [2.45, 2.75) is 44.6 Å². The molecule has 0 unspecified atom stereocenters. The van der Waals surface area contributed by atoms with Crippen molar-refractivity contribution in [1.29, 1.82) is 0 Å². The standard InChI is InChI=1S/C18H20ClN3S2/c1-11(2)22-17(16-10-23-13(4)12(16)3)20-21-18(22)24-9-14-6-5-7-15(19)8-14/h5-8,10-11H,9H2,1-4H3. The van der Waals surface area contributed by atoms with E-state index in [1.807, 2.05) is 18.2 Å². The summed E-state index contributed by atoms with van der Waals surface area (Å²) in [5.74, 6) is 1.79. The van der Waals surface area contributed by atoms with E-state index < -0.39 is 0 Å². The van der Waals surface area contributed by atoms with Crippen molar-refractivity contribution in [2.24, 2.45) is 0 Å². The first-order chi connectivity index (χ1) is 11.5. The Kier molecular flexibility index (Phi) is 5.33. The average molecular weight is 378 g/mol. The summed E-state index contributed by atoms with van der Waals surface area (Å²) < 4.78 is 2.23. The third-order valence-corrected chi connectivity index (χ3v) is 6.23. The lowest BCUT2D eigenvalue weighted by Gasteiger charge is -2.13. The second-order valence-corrected chi connectivity index (χ2v) is 8.48. The summed E-state index contributed by atoms with van der Waals surface area (Å²) in [6, 6.07) is 8.26. The van der Waals surface area contributed by atoms with Crippen LogP contribution in [0.5, 0.6) is 0 Å². The lowest BCUT2D eigenvalue weighted by atomic mass is 10.1. The maximum Gasteiger partial charge on any atom is 0.192 e. The van der Waals surface area contributed by atoms with E-state index in [2.05, 4.69) is 53.9 Å². The van der Waals surface area contributed by atoms with Crippen molar-refractivity contribution in [3.63, 3.8) is 0 Å². The second kappa shape index (κ2) is 7.30. The largest absolute Gasteiger partial charge is 0.299 e. The first kappa shape index (κ1) is 17.5. The molecule has 0 fully saturated rings. The number of thiophene rings is 1. The molecule has 24 heavy (non-hydrogen) atoms. The first-order valence-electron chi connectivity index (χ1n) is 7.84. The fourth-order valence-electron chi connectivity index (χ4n) is 2.53. The number of rotatable bonds is 5. The third-order valence-electron chi connectivity index (χ3n) is 3.96. The third kappa shape index (κ3) is 3.53. The highest BCUT2D eigenvalue weighted by Crippen LogP contribution is 2.34. The van der Waals surface area contributed by atoms with Gasteiger partial charge in [-0.2, -0.15) is 0 Å². The summed E-state index contributed by atoms with van der Waals surface area (Å²) in [5.41, 5.74) is 3.67. The van der Waals surface area contributed by atoms with E-state index >= 15 is 0 Å². The maximum absolute atomic E-state index is 6.07. The van der Waals surface area contributed by atoms with Gasteiger partial charge in [-0.05, 0) is 51.0 Å². The summed E-state index contributed by atoms with van der Waals surface area (Å²) in [7, 11) is 0. The van der Waals surface area contributed by atoms with Crippen LogP contribution in [0.15, 0.2) is 34.8 Å². The van der Waals surface area contributed by atoms with E-state index in [4.69, 9.17) is 11.6 Å². The Hall–Kier alpha value is -1.30. The van der Waals surface area contributed by atoms with Gasteiger partial charge < -0.3 is 0 Å². The molecule has 0 atom stereocenters. The van der Waals surface area contributed by atoms with Crippen molar-refractivity contribution >= 4 is 34.7 Å². The zero-order valence-corrected chi connectivity index (χ0v) is 16.6. The molecule has 0 saturated heterocycles. The zero-order valence-electron chi connectivity index (χ0n) is 14.2. The predicted octanol–water partition coefficient (Wildman–Crippen LogP) is 6.15. The predicted molar refractivity (Wildman–Crippen MR) is 104 cm³/mol. The minimum atomic E-state index is 0.302. The van der Waals surface area contributed by atoms with Crippen molar-refractivity contribution < 1.29 is 0 Å². The fourth-order valence-corrected chi connectivity index (χ4v) is 4.62. The van der Waals surface area contributed by atoms with Gasteiger partial charge in [0.25, 0.3) is 0 Å². The molecule has 0 aliphatic heterocycles. The van der Waals surface area contributed by atoms with Crippen molar-refractivity contribution in [3.05, 3.63) is 50.7 Å². The number of aromatic nitrogens is 3. The van der Waals surface area contributed by atoms with Gasteiger partial charge in [-0.1, -0.05) is 35.5 Å². The van der Waals surface area contributed by atoms with E-state index in [0.29, 0.717) is 6.04 Å². The number of thioether (sulfide) groups is 1. The monoisotopic (exact) mass is 377 g/mol. The van der Waals surface area contributed by atoms with Crippen LogP contribution in [-0.4, -0.2) is 14.8 Å². The molecular formula is C18H20ClN3S2. The van der Waals surface area contributed by atoms with E-state index in [1.54, 1.807) is 23.1 Å². The van der Waals surface area contributed by atoms with Gasteiger partial charge in [0.2, 0.25) is 0 Å². The van der Waals surface area contributed by atoms with Crippen LogP contribution >= 0.6 is 34.7 Å². The summed E-state index contributed by atoms with van der Waals surface area (Å²) in [4.78, 5) is 1.33. The number of aryl methyl sites for hydroxylation is 1. The van der Waals surface area contributed by atoms with Gasteiger partial charge in [0.05, 0.1) is 0 Å². The van der Waals surface area contributed by atoms with E-state index in [-0.39, 0.29) is 0 Å². The summed E-state index contributed by atoms with van der Waals surface area (Å²) in [5, 5.41) is 12.8. The maximum atomic E-state index is 6.07. The molecule has 0 N–H and O–H groups in total. The molecule has 0 spiro atoms. The number of nitrogens with zero attached hydrogens (tertiary/aromatic N) is 3. The Morgan fingerprint density at radius 3 is 2.67 bits per heavy atom. The quantitative estimate of drug-likeness (QED) is 0.499. The Balaban J connectivity index is 1.90. The van der Waals surface area contributed by atoms with Crippen LogP contribution in [0.25, 0.3) is 11.4 Å². The van der Waals surface area contributed by atoms with Crippen LogP contribution in [0.1, 0.15) is 35.9 Å². The fraction of sp³-hybridized carbons (Fsp3) is 0.333. The summed E-state index contributed by atoms with van der Waals surface area (Å²) in [6.45, 7) is 8.64. The highest BCUT2D eigenvalue weighted by atomic mass is 35.5. The Morgan fingerprint density at radius 2 is 2.04 bits per heavy atom. The lowest BCUT2D eigenvalue weighted by molar-refractivity contribution is 0.555. The average Bonchev–Trinajstić information content (AvgIpc) is 3.10. The molecule has 126 valence electrons. The topological polar surface area (TPSA) is 30.7 Å². The zero-order chi connectivity index (χ0) is 17.3. The smallest absolute Gasteiger partial charge is 0.192 e. The number of hydrogen-bond donors (Lipinski definition) is 0. The molecule has 3 nitrogen and oxygen atoms in total. The van der Waals surface area contributed by atoms with Crippen LogP contribution in [0, 0.1) is 13.8 Å². The van der Waals surface area contributed by atoms with Gasteiger partial charge >= 0.3 is 0 Å².